The molecule has 30 heavy (non-hydrogen) atoms. The zero-order valence-corrected chi connectivity index (χ0v) is 19.7. The number of phosphoric acid groups is 1. The van der Waals surface area contributed by atoms with Crippen molar-refractivity contribution in [3.05, 3.63) is 33.1 Å². The lowest BCUT2D eigenvalue weighted by molar-refractivity contribution is -0.0540. The molecular formula is C14H23N2O10P2S2+. The van der Waals surface area contributed by atoms with E-state index in [2.05, 4.69) is 9.29 Å². The fourth-order valence-corrected chi connectivity index (χ4v) is 5.68. The van der Waals surface area contributed by atoms with Gasteiger partial charge in [0.25, 0.3) is 5.56 Å². The highest BCUT2D eigenvalue weighted by molar-refractivity contribution is 8.77. The van der Waals surface area contributed by atoms with E-state index in [1.807, 2.05) is 20.8 Å². The number of phosphoric ester groups is 1. The fraction of sp³-hybridized carbons (Fsp3) is 0.714. The SMILES string of the molecule is CC(C)(C)SSCO[C@@H]1C[C@H](n2ccc(=O)[nH]c2=O)O[C@@H]1COP(=O)(O)O[P+](=O)O. The number of nitrogens with zero attached hydrogens (tertiary/aromatic N) is 1. The van der Waals surface area contributed by atoms with E-state index in [1.165, 1.54) is 17.0 Å². The minimum absolute atomic E-state index is 0.0102. The van der Waals surface area contributed by atoms with E-state index in [-0.39, 0.29) is 17.1 Å². The van der Waals surface area contributed by atoms with Crippen LogP contribution in [0.3, 0.4) is 0 Å². The van der Waals surface area contributed by atoms with Crippen LogP contribution in [0, 0.1) is 0 Å². The lowest BCUT2D eigenvalue weighted by Gasteiger charge is -2.20. The van der Waals surface area contributed by atoms with Crippen molar-refractivity contribution in [2.75, 3.05) is 12.5 Å². The van der Waals surface area contributed by atoms with Crippen LogP contribution >= 0.6 is 37.7 Å². The molecule has 1 aromatic rings. The van der Waals surface area contributed by atoms with E-state index >= 15 is 0 Å². The molecule has 0 radical (unpaired) electrons. The van der Waals surface area contributed by atoms with Gasteiger partial charge in [0.2, 0.25) is 0 Å². The van der Waals surface area contributed by atoms with E-state index in [9.17, 15) is 23.6 Å². The number of hydrogen-bond donors (Lipinski definition) is 3. The van der Waals surface area contributed by atoms with Gasteiger partial charge in [0.05, 0.1) is 12.7 Å². The molecule has 2 rings (SSSR count). The van der Waals surface area contributed by atoms with Gasteiger partial charge in [0, 0.05) is 28.0 Å². The molecule has 0 amide bonds. The van der Waals surface area contributed by atoms with Crippen molar-refractivity contribution in [3.8, 4) is 0 Å². The van der Waals surface area contributed by atoms with Gasteiger partial charge in [0.15, 0.2) is 0 Å². The number of ether oxygens (including phenoxy) is 2. The lowest BCUT2D eigenvalue weighted by Crippen LogP contribution is -2.31. The highest BCUT2D eigenvalue weighted by Gasteiger charge is 2.41. The van der Waals surface area contributed by atoms with Gasteiger partial charge in [-0.15, -0.1) is 4.89 Å². The van der Waals surface area contributed by atoms with Crippen LogP contribution in [0.15, 0.2) is 21.9 Å². The fourth-order valence-electron chi connectivity index (χ4n) is 2.45. The van der Waals surface area contributed by atoms with Crippen LogP contribution in [0.1, 0.15) is 33.4 Å². The number of aromatic nitrogens is 2. The van der Waals surface area contributed by atoms with Crippen molar-refractivity contribution < 1.29 is 37.2 Å². The van der Waals surface area contributed by atoms with Gasteiger partial charge < -0.3 is 9.47 Å². The molecule has 1 aliphatic heterocycles. The van der Waals surface area contributed by atoms with Gasteiger partial charge in [-0.25, -0.2) is 9.36 Å². The zero-order valence-electron chi connectivity index (χ0n) is 16.3. The number of hydrogen-bond acceptors (Lipinski definition) is 10. The molecule has 2 heterocycles. The van der Waals surface area contributed by atoms with Gasteiger partial charge in [-0.3, -0.25) is 23.8 Å². The Balaban J connectivity index is 2.07. The summed E-state index contributed by atoms with van der Waals surface area (Å²) in [5.74, 6) is 0.273. The largest absolute Gasteiger partial charge is 0.705 e. The van der Waals surface area contributed by atoms with Crippen molar-refractivity contribution in [1.29, 1.82) is 0 Å². The van der Waals surface area contributed by atoms with E-state index in [0.717, 1.165) is 10.6 Å². The third kappa shape index (κ3) is 8.54. The molecule has 1 saturated heterocycles. The minimum Gasteiger partial charge on any atom is -0.364 e. The van der Waals surface area contributed by atoms with Crippen LogP contribution in [-0.2, 0) is 27.4 Å². The number of nitrogens with one attached hydrogen (secondary N) is 1. The summed E-state index contributed by atoms with van der Waals surface area (Å²) < 4.78 is 43.7. The smallest absolute Gasteiger partial charge is 0.364 e. The number of H-pyrrole nitrogens is 1. The first-order valence-electron chi connectivity index (χ1n) is 8.59. The molecule has 0 saturated carbocycles. The summed E-state index contributed by atoms with van der Waals surface area (Å²) >= 11 is 0. The first-order valence-corrected chi connectivity index (χ1v) is 13.5. The molecule has 0 aliphatic carbocycles. The Kier molecular flexibility index (Phi) is 9.32. The van der Waals surface area contributed by atoms with Crippen molar-refractivity contribution in [2.45, 2.75) is 50.4 Å². The maximum Gasteiger partial charge on any atom is 0.705 e. The Morgan fingerprint density at radius 3 is 2.73 bits per heavy atom. The average molecular weight is 505 g/mol. The Morgan fingerprint density at radius 2 is 2.13 bits per heavy atom. The molecule has 0 spiro atoms. The van der Waals surface area contributed by atoms with Crippen LogP contribution in [0.25, 0.3) is 0 Å². The van der Waals surface area contributed by atoms with Gasteiger partial charge in [0.1, 0.15) is 18.3 Å². The summed E-state index contributed by atoms with van der Waals surface area (Å²) in [6.07, 6.45) is -0.848. The van der Waals surface area contributed by atoms with Crippen LogP contribution in [0.2, 0.25) is 0 Å². The second-order valence-corrected chi connectivity index (χ2v) is 12.5. The van der Waals surface area contributed by atoms with Crippen LogP contribution in [0.5, 0.6) is 0 Å². The Morgan fingerprint density at radius 1 is 1.43 bits per heavy atom. The maximum atomic E-state index is 12.0. The number of aromatic amines is 1. The van der Waals surface area contributed by atoms with Crippen molar-refractivity contribution >= 4 is 37.7 Å². The summed E-state index contributed by atoms with van der Waals surface area (Å²) in [7, 11) is -5.06. The molecule has 1 fully saturated rings. The molecule has 170 valence electrons. The second-order valence-electron chi connectivity index (χ2n) is 7.10. The molecule has 16 heteroatoms. The zero-order chi connectivity index (χ0) is 22.5. The molecule has 0 bridgehead atoms. The Hall–Kier alpha value is -0.530. The maximum absolute atomic E-state index is 12.0. The van der Waals surface area contributed by atoms with Crippen LogP contribution in [-0.4, -0.2) is 48.8 Å². The molecule has 2 unspecified atom stereocenters. The molecule has 5 atom stereocenters. The van der Waals surface area contributed by atoms with Gasteiger partial charge in [-0.2, -0.15) is 0 Å². The van der Waals surface area contributed by atoms with Gasteiger partial charge in [-0.1, -0.05) is 42.4 Å². The summed E-state index contributed by atoms with van der Waals surface area (Å²) in [6.45, 7) is 5.64. The third-order valence-electron chi connectivity index (χ3n) is 3.56. The number of rotatable bonds is 10. The van der Waals surface area contributed by atoms with Gasteiger partial charge in [-0.05, 0) is 4.31 Å². The van der Waals surface area contributed by atoms with E-state index < -0.39 is 52.4 Å². The van der Waals surface area contributed by atoms with Crippen molar-refractivity contribution in [1.82, 2.24) is 9.55 Å². The summed E-state index contributed by atoms with van der Waals surface area (Å²) in [6, 6.07) is 1.16. The van der Waals surface area contributed by atoms with Crippen LogP contribution in [0.4, 0.5) is 0 Å². The van der Waals surface area contributed by atoms with E-state index in [1.54, 1.807) is 10.8 Å². The third-order valence-corrected chi connectivity index (χ3v) is 8.41. The molecule has 3 N–H and O–H groups in total. The molecule has 1 aliphatic rings. The monoisotopic (exact) mass is 505 g/mol. The normalized spacial score (nSPS) is 24.6. The standard InChI is InChI=1S/C14H22N2O10P2S2/c1-14(2,3)30-29-8-23-9-6-12(16-5-4-11(17)15-13(16)18)25-10(9)7-24-28(21,22)26-27(19)20/h4-5,9-10,12H,6-8H2,1-3H3,(H2-,15,17,18,19,20,21,22)/p+1/t9-,10-,12-/m1/s1. The molecule has 0 aromatic carbocycles. The second kappa shape index (κ2) is 10.9. The van der Waals surface area contributed by atoms with E-state index in [0.29, 0.717) is 0 Å². The lowest BCUT2D eigenvalue weighted by atomic mass is 10.2. The summed E-state index contributed by atoms with van der Waals surface area (Å²) in [5.41, 5.74) is -1.24. The Labute approximate surface area is 180 Å². The highest BCUT2D eigenvalue weighted by Crippen LogP contribution is 2.51. The Bertz CT molecular complexity index is 902. The summed E-state index contributed by atoms with van der Waals surface area (Å²) in [5, 5.41) is 0. The first kappa shape index (κ1) is 25.7. The quantitative estimate of drug-likeness (QED) is 0.184. The first-order chi connectivity index (χ1) is 13.9. The van der Waals surface area contributed by atoms with Crippen LogP contribution < -0.4 is 11.2 Å². The molecule has 12 nitrogen and oxygen atoms in total. The highest BCUT2D eigenvalue weighted by atomic mass is 33.1. The minimum atomic E-state index is -4.78. The topological polar surface area (TPSA) is 166 Å². The molecule has 1 aromatic heterocycles. The predicted octanol–water partition coefficient (Wildman–Crippen LogP) is 2.13. The average Bonchev–Trinajstić information content (AvgIpc) is 2.98. The summed E-state index contributed by atoms with van der Waals surface area (Å²) in [4.78, 5) is 43.5. The van der Waals surface area contributed by atoms with Crippen molar-refractivity contribution in [2.24, 2.45) is 0 Å². The van der Waals surface area contributed by atoms with Gasteiger partial charge >= 0.3 is 21.8 Å². The predicted molar refractivity (Wildman–Crippen MR) is 111 cm³/mol. The molecular weight excluding hydrogens is 482 g/mol. The van der Waals surface area contributed by atoms with Crippen molar-refractivity contribution in [3.63, 3.8) is 0 Å². The van der Waals surface area contributed by atoms with E-state index in [4.69, 9.17) is 18.9 Å².